The molecule has 3 aromatic rings. The van der Waals surface area contributed by atoms with Crippen LogP contribution < -0.4 is 9.12 Å². The minimum atomic E-state index is -0.200. The summed E-state index contributed by atoms with van der Waals surface area (Å²) in [4.78, 5) is 0. The van der Waals surface area contributed by atoms with Crippen LogP contribution in [0.4, 0.5) is 4.39 Å². The van der Waals surface area contributed by atoms with Gasteiger partial charge >= 0.3 is 104 Å². The molecule has 0 atom stereocenters. The van der Waals surface area contributed by atoms with Crippen LogP contribution in [0.1, 0.15) is 0 Å². The summed E-state index contributed by atoms with van der Waals surface area (Å²) in [7, 11) is 0. The van der Waals surface area contributed by atoms with Crippen LogP contribution in [0.2, 0.25) is 0 Å². The first-order chi connectivity index (χ1) is 8.31. The van der Waals surface area contributed by atoms with Crippen LogP contribution in [0, 0.1) is 5.82 Å². The van der Waals surface area contributed by atoms with Gasteiger partial charge in [0.1, 0.15) is 0 Å². The van der Waals surface area contributed by atoms with Gasteiger partial charge in [-0.15, -0.1) is 0 Å². The van der Waals surface area contributed by atoms with Gasteiger partial charge in [0.05, 0.1) is 0 Å². The van der Waals surface area contributed by atoms with Crippen LogP contribution in [-0.2, 0) is 0 Å². The molecule has 2 aromatic carbocycles. The Morgan fingerprint density at radius 2 is 1.71 bits per heavy atom. The molecule has 0 unspecified atom stereocenters. The Kier molecular flexibility index (Phi) is 2.71. The average Bonchev–Trinajstić information content (AvgIpc) is 2.74. The van der Waals surface area contributed by atoms with E-state index in [9.17, 15) is 4.39 Å². The van der Waals surface area contributed by atoms with Gasteiger partial charge in [0.2, 0.25) is 0 Å². The van der Waals surface area contributed by atoms with E-state index in [0.717, 1.165) is 20.1 Å². The normalized spacial score (nSPS) is 10.9. The van der Waals surface area contributed by atoms with Crippen LogP contribution in [0.25, 0.3) is 11.0 Å². The molecule has 0 saturated heterocycles. The van der Waals surface area contributed by atoms with Gasteiger partial charge in [0.25, 0.3) is 0 Å². The van der Waals surface area contributed by atoms with E-state index >= 15 is 0 Å². The first-order valence-corrected chi connectivity index (χ1v) is 6.94. The molecule has 0 aliphatic heterocycles. The van der Waals surface area contributed by atoms with Crippen molar-refractivity contribution in [3.63, 3.8) is 0 Å². The molecule has 0 amide bonds. The molecule has 0 saturated carbocycles. The van der Waals surface area contributed by atoms with Gasteiger partial charge in [0.15, 0.2) is 0 Å². The Balaban J connectivity index is 1.92. The summed E-state index contributed by atoms with van der Waals surface area (Å²) in [6, 6.07) is 16.6. The molecule has 0 fully saturated rings. The first-order valence-electron chi connectivity index (χ1n) is 5.23. The van der Waals surface area contributed by atoms with E-state index in [1.54, 1.807) is 0 Å². The molecule has 0 bridgehead atoms. The van der Waals surface area contributed by atoms with Crippen molar-refractivity contribution in [1.29, 1.82) is 0 Å². The van der Waals surface area contributed by atoms with Crippen LogP contribution in [0.3, 0.4) is 0 Å². The molecule has 0 aliphatic carbocycles. The fraction of sp³-hybridized carbons (Fsp3) is 0. The summed E-state index contributed by atoms with van der Waals surface area (Å²) < 4.78 is 20.6. The van der Waals surface area contributed by atoms with Gasteiger partial charge < -0.3 is 0 Å². The predicted molar refractivity (Wildman–Crippen MR) is 67.6 cm³/mol. The Hall–Kier alpha value is -1.57. The second-order valence-corrected chi connectivity index (χ2v) is 5.92. The minimum absolute atomic E-state index is 0.0900. The molecule has 3 heteroatoms. The molecule has 1 nitrogen and oxygen atoms in total. The number of halogens is 1. The van der Waals surface area contributed by atoms with Crippen molar-refractivity contribution in [2.24, 2.45) is 0 Å². The first kappa shape index (κ1) is 10.6. The number of hydrogen-bond acceptors (Lipinski definition) is 1. The van der Waals surface area contributed by atoms with Crippen molar-refractivity contribution in [1.82, 2.24) is 0 Å². The van der Waals surface area contributed by atoms with Crippen molar-refractivity contribution in [3.8, 4) is 0 Å². The second-order valence-electron chi connectivity index (χ2n) is 3.66. The molecule has 3 rings (SSSR count). The van der Waals surface area contributed by atoms with E-state index in [0.29, 0.717) is 0 Å². The molecule has 1 heterocycles. The van der Waals surface area contributed by atoms with E-state index in [1.165, 1.54) is 12.1 Å². The van der Waals surface area contributed by atoms with Crippen molar-refractivity contribution >= 4 is 35.0 Å². The molecule has 17 heavy (non-hydrogen) atoms. The molecule has 1 aromatic heterocycles. The zero-order chi connectivity index (χ0) is 11.7. The number of benzene rings is 2. The Morgan fingerprint density at radius 1 is 0.941 bits per heavy atom. The fourth-order valence-electron chi connectivity index (χ4n) is 1.63. The Morgan fingerprint density at radius 3 is 2.47 bits per heavy atom. The Labute approximate surface area is 104 Å². The van der Waals surface area contributed by atoms with Gasteiger partial charge in [-0.1, -0.05) is 0 Å². The van der Waals surface area contributed by atoms with Crippen molar-refractivity contribution in [3.05, 3.63) is 60.4 Å². The predicted octanol–water partition coefficient (Wildman–Crippen LogP) is 2.23. The molecule has 0 radical (unpaired) electrons. The van der Waals surface area contributed by atoms with E-state index in [4.69, 9.17) is 4.42 Å². The fourth-order valence-corrected chi connectivity index (χ4v) is 3.35. The van der Waals surface area contributed by atoms with Gasteiger partial charge in [0, 0.05) is 0 Å². The third-order valence-electron chi connectivity index (χ3n) is 2.43. The van der Waals surface area contributed by atoms with E-state index in [-0.39, 0.29) is 20.8 Å². The molecule has 0 spiro atoms. The Bertz CT molecular complexity index is 610. The molecular formula is C14H9FOSe. The van der Waals surface area contributed by atoms with Crippen molar-refractivity contribution in [2.45, 2.75) is 0 Å². The summed E-state index contributed by atoms with van der Waals surface area (Å²) >= 11 is 0.0900. The van der Waals surface area contributed by atoms with Crippen molar-refractivity contribution in [2.75, 3.05) is 0 Å². The third-order valence-corrected chi connectivity index (χ3v) is 4.34. The summed E-state index contributed by atoms with van der Waals surface area (Å²) in [6.45, 7) is 0. The number of rotatable bonds is 2. The topological polar surface area (TPSA) is 13.1 Å². The van der Waals surface area contributed by atoms with Crippen LogP contribution in [-0.4, -0.2) is 15.0 Å². The zero-order valence-corrected chi connectivity index (χ0v) is 10.6. The number of para-hydroxylation sites is 1. The monoisotopic (exact) mass is 292 g/mol. The number of hydrogen-bond donors (Lipinski definition) is 0. The van der Waals surface area contributed by atoms with E-state index in [1.807, 2.05) is 36.4 Å². The summed E-state index contributed by atoms with van der Waals surface area (Å²) in [5.74, 6) is -0.200. The molecule has 84 valence electrons. The quantitative estimate of drug-likeness (QED) is 0.660. The molecule has 0 N–H and O–H groups in total. The maximum absolute atomic E-state index is 12.8. The molecule has 0 aliphatic rings. The van der Waals surface area contributed by atoms with Crippen LogP contribution in [0.15, 0.2) is 59.0 Å². The second kappa shape index (κ2) is 4.36. The van der Waals surface area contributed by atoms with E-state index < -0.39 is 0 Å². The number of furan rings is 1. The van der Waals surface area contributed by atoms with Crippen LogP contribution in [0.5, 0.6) is 0 Å². The third kappa shape index (κ3) is 2.26. The van der Waals surface area contributed by atoms with Crippen LogP contribution >= 0.6 is 0 Å². The summed E-state index contributed by atoms with van der Waals surface area (Å²) in [5, 5.41) is 1.12. The van der Waals surface area contributed by atoms with Gasteiger partial charge in [-0.2, -0.15) is 0 Å². The SMILES string of the molecule is Fc1ccc([Se]c2cc3ccccc3o2)cc1. The maximum atomic E-state index is 12.8. The summed E-state index contributed by atoms with van der Waals surface area (Å²) in [5.41, 5.74) is 0.909. The zero-order valence-electron chi connectivity index (χ0n) is 8.89. The van der Waals surface area contributed by atoms with E-state index in [2.05, 4.69) is 6.07 Å². The molecular weight excluding hydrogens is 282 g/mol. The number of fused-ring (bicyclic) bond motifs is 1. The average molecular weight is 291 g/mol. The van der Waals surface area contributed by atoms with Gasteiger partial charge in [-0.25, -0.2) is 0 Å². The standard InChI is InChI=1S/C14H9FOSe/c15-11-5-7-12(8-6-11)17-14-9-10-3-1-2-4-13(10)16-14/h1-9H. The van der Waals surface area contributed by atoms with Gasteiger partial charge in [-0.05, 0) is 0 Å². The van der Waals surface area contributed by atoms with Crippen molar-refractivity contribution < 1.29 is 8.81 Å². The van der Waals surface area contributed by atoms with Gasteiger partial charge in [-0.3, -0.25) is 0 Å². The summed E-state index contributed by atoms with van der Waals surface area (Å²) in [6.07, 6.45) is 0.